The number of hydrogen-bond acceptors (Lipinski definition) is 8. The molecule has 12 heteroatoms. The molecule has 1 saturated heterocycles. The van der Waals surface area contributed by atoms with Gasteiger partial charge in [0.05, 0.1) is 27.7 Å². The monoisotopic (exact) mass is 520 g/mol. The number of thiophene rings is 1. The van der Waals surface area contributed by atoms with Crippen LogP contribution in [0.2, 0.25) is 0 Å². The second-order valence-corrected chi connectivity index (χ2v) is 10.6. The van der Waals surface area contributed by atoms with Gasteiger partial charge in [-0.05, 0) is 57.0 Å². The van der Waals surface area contributed by atoms with Crippen LogP contribution in [-0.2, 0) is 0 Å². The Bertz CT molecular complexity index is 1640. The van der Waals surface area contributed by atoms with Crippen LogP contribution in [0.3, 0.4) is 0 Å². The van der Waals surface area contributed by atoms with E-state index in [4.69, 9.17) is 9.98 Å². The summed E-state index contributed by atoms with van der Waals surface area (Å²) in [4.78, 5) is 42.8. The van der Waals surface area contributed by atoms with Crippen molar-refractivity contribution in [2.45, 2.75) is 44.7 Å². The molecule has 11 nitrogen and oxygen atoms in total. The van der Waals surface area contributed by atoms with Crippen molar-refractivity contribution in [1.29, 1.82) is 0 Å². The molecule has 0 radical (unpaired) electrons. The first-order valence-corrected chi connectivity index (χ1v) is 13.4. The van der Waals surface area contributed by atoms with Crippen LogP contribution in [0.15, 0.2) is 34.2 Å². The summed E-state index contributed by atoms with van der Waals surface area (Å²) >= 11 is 1.39. The summed E-state index contributed by atoms with van der Waals surface area (Å²) in [5, 5.41) is 18.2. The fraction of sp³-hybridized carbons (Fsp3) is 0.400. The maximum Gasteiger partial charge on any atom is 0.326 e. The number of rotatable bonds is 7. The van der Waals surface area contributed by atoms with E-state index in [1.54, 1.807) is 16.8 Å². The third kappa shape index (κ3) is 4.81. The third-order valence-electron chi connectivity index (χ3n) is 6.86. The Kier molecular flexibility index (Phi) is 6.13. The van der Waals surface area contributed by atoms with Crippen molar-refractivity contribution in [3.63, 3.8) is 0 Å². The average molecular weight is 521 g/mol. The van der Waals surface area contributed by atoms with E-state index in [0.29, 0.717) is 39.5 Å². The molecule has 192 valence electrons. The summed E-state index contributed by atoms with van der Waals surface area (Å²) in [6, 6.07) is 6.29. The molecule has 4 N–H and O–H groups in total. The number of hydrogen-bond donors (Lipinski definition) is 4. The van der Waals surface area contributed by atoms with Crippen LogP contribution in [-0.4, -0.2) is 72.2 Å². The molecule has 0 unspecified atom stereocenters. The van der Waals surface area contributed by atoms with Crippen molar-refractivity contribution in [2.75, 3.05) is 19.6 Å². The van der Waals surface area contributed by atoms with Crippen LogP contribution in [0, 0.1) is 0 Å². The maximum absolute atomic E-state index is 12.9. The molecule has 0 bridgehead atoms. The number of H-pyrrole nitrogens is 2. The molecule has 1 atom stereocenters. The van der Waals surface area contributed by atoms with Crippen molar-refractivity contribution in [3.8, 4) is 16.5 Å². The summed E-state index contributed by atoms with van der Waals surface area (Å²) in [7, 11) is 0. The Morgan fingerprint density at radius 3 is 2.95 bits per heavy atom. The number of likely N-dealkylation sites (N-methyl/N-ethyl adjacent to an activating group) is 1. The van der Waals surface area contributed by atoms with Gasteiger partial charge in [-0.3, -0.25) is 19.7 Å². The van der Waals surface area contributed by atoms with Gasteiger partial charge < -0.3 is 15.4 Å². The SMILES string of the molecule is CCN1CCC[C@H]1CNC(=O)c1ccc(-c2cc(=NC3CC3)n3nc/c(=C\c4[nH]c(=O)[nH]c4O)c3n2)s1. The lowest BCUT2D eigenvalue weighted by Crippen LogP contribution is -2.39. The molecule has 6 rings (SSSR count). The van der Waals surface area contributed by atoms with Gasteiger partial charge in [0.25, 0.3) is 5.91 Å². The standard InChI is InChI=1S/C25H28N8O3S/c1-2-32-9-3-4-16(32)13-26-24(35)20-8-7-19(37-20)17-11-21(28-15-5-6-15)33-22(29-17)14(12-27-33)10-18-23(34)31-25(36)30-18/h7-8,10-12,15-16,34H,2-6,9,13H2,1H3,(H,26,35)(H2,30,31,36)/b14-10+,28-21?/t16-/m0/s1. The van der Waals surface area contributed by atoms with Crippen LogP contribution < -0.4 is 21.7 Å². The minimum atomic E-state index is -0.502. The zero-order valence-electron chi connectivity index (χ0n) is 20.4. The molecule has 2 aliphatic rings. The first kappa shape index (κ1) is 23.6. The molecule has 0 aromatic carbocycles. The molecule has 37 heavy (non-hydrogen) atoms. The lowest BCUT2D eigenvalue weighted by atomic mass is 10.2. The van der Waals surface area contributed by atoms with E-state index in [1.807, 2.05) is 18.2 Å². The Labute approximate surface area is 215 Å². The fourth-order valence-corrected chi connectivity index (χ4v) is 5.64. The van der Waals surface area contributed by atoms with Crippen LogP contribution in [0.5, 0.6) is 5.88 Å². The molecule has 4 aromatic heterocycles. The highest BCUT2D eigenvalue weighted by Crippen LogP contribution is 2.27. The average Bonchev–Trinajstić information content (AvgIpc) is 3.28. The van der Waals surface area contributed by atoms with Gasteiger partial charge in [-0.2, -0.15) is 9.61 Å². The number of aromatic hydroxyl groups is 1. The van der Waals surface area contributed by atoms with Crippen molar-refractivity contribution in [3.05, 3.63) is 56.2 Å². The Hall–Kier alpha value is -3.77. The van der Waals surface area contributed by atoms with E-state index in [2.05, 4.69) is 32.2 Å². The Morgan fingerprint density at radius 2 is 2.19 bits per heavy atom. The number of likely N-dealkylation sites (tertiary alicyclic amines) is 1. The van der Waals surface area contributed by atoms with Gasteiger partial charge in [0, 0.05) is 23.9 Å². The second kappa shape index (κ2) is 9.60. The first-order valence-electron chi connectivity index (χ1n) is 12.6. The van der Waals surface area contributed by atoms with Crippen molar-refractivity contribution < 1.29 is 9.90 Å². The van der Waals surface area contributed by atoms with Gasteiger partial charge in [-0.25, -0.2) is 9.78 Å². The van der Waals surface area contributed by atoms with Crippen LogP contribution in [0.25, 0.3) is 22.3 Å². The van der Waals surface area contributed by atoms with Crippen molar-refractivity contribution in [2.24, 2.45) is 4.99 Å². The third-order valence-corrected chi connectivity index (χ3v) is 7.97. The highest BCUT2D eigenvalue weighted by molar-refractivity contribution is 7.17. The summed E-state index contributed by atoms with van der Waals surface area (Å²) < 4.78 is 1.66. The van der Waals surface area contributed by atoms with Gasteiger partial charge in [0.1, 0.15) is 5.69 Å². The summed E-state index contributed by atoms with van der Waals surface area (Å²) in [5.74, 6) is -0.328. The number of amides is 1. The van der Waals surface area contributed by atoms with E-state index in [0.717, 1.165) is 37.2 Å². The second-order valence-electron chi connectivity index (χ2n) is 9.48. The minimum absolute atomic E-state index is 0.0755. The van der Waals surface area contributed by atoms with Crippen LogP contribution in [0.4, 0.5) is 0 Å². The van der Waals surface area contributed by atoms with E-state index in [9.17, 15) is 14.7 Å². The van der Waals surface area contributed by atoms with Gasteiger partial charge in [-0.1, -0.05) is 6.92 Å². The van der Waals surface area contributed by atoms with E-state index in [1.165, 1.54) is 17.8 Å². The van der Waals surface area contributed by atoms with Crippen molar-refractivity contribution in [1.82, 2.24) is 34.8 Å². The zero-order chi connectivity index (χ0) is 25.5. The summed E-state index contributed by atoms with van der Waals surface area (Å²) in [5.41, 5.74) is 1.64. The molecule has 1 saturated carbocycles. The number of fused-ring (bicyclic) bond motifs is 1. The van der Waals surface area contributed by atoms with Crippen LogP contribution in [0.1, 0.15) is 48.0 Å². The lowest BCUT2D eigenvalue weighted by Gasteiger charge is -2.22. The van der Waals surface area contributed by atoms with Crippen molar-refractivity contribution >= 4 is 29.0 Å². The number of carbonyl (C=O) groups is 1. The maximum atomic E-state index is 12.9. The normalized spacial score (nSPS) is 19.3. The molecule has 1 amide bonds. The smallest absolute Gasteiger partial charge is 0.326 e. The predicted molar refractivity (Wildman–Crippen MR) is 139 cm³/mol. The number of aromatic nitrogens is 5. The van der Waals surface area contributed by atoms with Gasteiger partial charge in [0.15, 0.2) is 11.1 Å². The summed E-state index contributed by atoms with van der Waals surface area (Å²) in [6.45, 7) is 4.90. The van der Waals surface area contributed by atoms with E-state index >= 15 is 0 Å². The van der Waals surface area contributed by atoms with Gasteiger partial charge in [0.2, 0.25) is 5.88 Å². The fourth-order valence-electron chi connectivity index (χ4n) is 4.76. The lowest BCUT2D eigenvalue weighted by molar-refractivity contribution is 0.0945. The number of nitrogens with one attached hydrogen (secondary N) is 3. The topological polar surface area (TPSA) is 144 Å². The predicted octanol–water partition coefficient (Wildman–Crippen LogP) is 1.00. The molecule has 0 spiro atoms. The number of carbonyl (C=O) groups excluding carboxylic acids is 1. The molecule has 1 aliphatic carbocycles. The molecular formula is C25H28N8O3S. The Balaban J connectivity index is 1.33. The van der Waals surface area contributed by atoms with E-state index in [-0.39, 0.29) is 23.5 Å². The molecule has 4 aromatic rings. The zero-order valence-corrected chi connectivity index (χ0v) is 21.2. The summed E-state index contributed by atoms with van der Waals surface area (Å²) in [6.07, 6.45) is 7.60. The minimum Gasteiger partial charge on any atom is -0.493 e. The quantitative estimate of drug-likeness (QED) is 0.286. The van der Waals surface area contributed by atoms with Gasteiger partial charge >= 0.3 is 5.69 Å². The highest BCUT2D eigenvalue weighted by atomic mass is 32.1. The number of nitrogens with zero attached hydrogens (tertiary/aromatic N) is 5. The largest absolute Gasteiger partial charge is 0.493 e. The highest BCUT2D eigenvalue weighted by Gasteiger charge is 2.24. The molecule has 5 heterocycles. The van der Waals surface area contributed by atoms with Crippen LogP contribution >= 0.6 is 11.3 Å². The van der Waals surface area contributed by atoms with E-state index < -0.39 is 5.69 Å². The molecule has 2 fully saturated rings. The number of imidazole rings is 1. The molecule has 1 aliphatic heterocycles. The molecular weight excluding hydrogens is 492 g/mol. The Morgan fingerprint density at radius 1 is 1.32 bits per heavy atom. The number of aromatic amines is 2. The first-order chi connectivity index (χ1) is 18.0. The van der Waals surface area contributed by atoms with Gasteiger partial charge in [-0.15, -0.1) is 11.3 Å².